The van der Waals surface area contributed by atoms with Gasteiger partial charge in [-0.15, -0.1) is 15.7 Å². The van der Waals surface area contributed by atoms with Crippen molar-refractivity contribution in [2.45, 2.75) is 18.4 Å². The Hall–Kier alpha value is -1.77. The molecule has 2 aliphatic heterocycles. The van der Waals surface area contributed by atoms with Crippen LogP contribution in [0.15, 0.2) is 38.9 Å². The largest absolute Gasteiger partial charge is 0.353 e. The van der Waals surface area contributed by atoms with Crippen LogP contribution >= 0.6 is 11.3 Å². The lowest BCUT2D eigenvalue weighted by atomic mass is 10.1. The zero-order valence-corrected chi connectivity index (χ0v) is 15.0. The Morgan fingerprint density at radius 1 is 1.17 bits per heavy atom. The number of sulfonamides is 1. The maximum absolute atomic E-state index is 12.2. The number of piperazine rings is 1. The van der Waals surface area contributed by atoms with E-state index in [-0.39, 0.29) is 0 Å². The van der Waals surface area contributed by atoms with Crippen molar-refractivity contribution < 1.29 is 8.42 Å². The SMILES string of the molecule is Cc1nc(CN2CCN(C3=NS(=O)(=O)c4ccccc43)CC2)cs1. The Labute approximate surface area is 145 Å². The zero-order valence-electron chi connectivity index (χ0n) is 13.3. The highest BCUT2D eigenvalue weighted by atomic mass is 32.2. The number of thiazole rings is 1. The first-order chi connectivity index (χ1) is 11.5. The van der Waals surface area contributed by atoms with E-state index >= 15 is 0 Å². The predicted molar refractivity (Wildman–Crippen MR) is 93.9 cm³/mol. The van der Waals surface area contributed by atoms with Gasteiger partial charge in [0.05, 0.1) is 10.7 Å². The summed E-state index contributed by atoms with van der Waals surface area (Å²) in [6.45, 7) is 6.15. The topological polar surface area (TPSA) is 65.9 Å². The second-order valence-corrected chi connectivity index (χ2v) is 8.64. The minimum Gasteiger partial charge on any atom is -0.353 e. The van der Waals surface area contributed by atoms with Crippen LogP contribution in [0.1, 0.15) is 16.3 Å². The standard InChI is InChI=1S/C16H18N4O2S2/c1-12-17-13(11-23-12)10-19-6-8-20(9-7-19)16-14-4-2-3-5-15(14)24(21,22)18-16/h2-5,11H,6-10H2,1H3. The summed E-state index contributed by atoms with van der Waals surface area (Å²) >= 11 is 1.67. The highest BCUT2D eigenvalue weighted by Gasteiger charge is 2.32. The molecule has 8 heteroatoms. The van der Waals surface area contributed by atoms with Crippen molar-refractivity contribution in [2.75, 3.05) is 26.2 Å². The number of benzene rings is 1. The molecule has 0 unspecified atom stereocenters. The van der Waals surface area contributed by atoms with E-state index in [9.17, 15) is 8.42 Å². The summed E-state index contributed by atoms with van der Waals surface area (Å²) in [6, 6.07) is 7.06. The summed E-state index contributed by atoms with van der Waals surface area (Å²) in [7, 11) is -3.54. The average molecular weight is 362 g/mol. The van der Waals surface area contributed by atoms with Crippen molar-refractivity contribution in [3.8, 4) is 0 Å². The van der Waals surface area contributed by atoms with Crippen LogP contribution in [0.4, 0.5) is 0 Å². The fourth-order valence-electron chi connectivity index (χ4n) is 3.14. The molecule has 3 heterocycles. The lowest BCUT2D eigenvalue weighted by Gasteiger charge is -2.35. The van der Waals surface area contributed by atoms with Gasteiger partial charge in [0.25, 0.3) is 10.0 Å². The molecule has 0 bridgehead atoms. The number of hydrogen-bond acceptors (Lipinski definition) is 6. The van der Waals surface area contributed by atoms with Crippen LogP contribution in [0.2, 0.25) is 0 Å². The Kier molecular flexibility index (Phi) is 3.90. The first-order valence-electron chi connectivity index (χ1n) is 7.86. The third kappa shape index (κ3) is 2.85. The van der Waals surface area contributed by atoms with Gasteiger partial charge in [0, 0.05) is 43.7 Å². The number of aromatic nitrogens is 1. The van der Waals surface area contributed by atoms with Crippen LogP contribution in [0.3, 0.4) is 0 Å². The highest BCUT2D eigenvalue weighted by Crippen LogP contribution is 2.28. The molecule has 2 aliphatic rings. The quantitative estimate of drug-likeness (QED) is 0.814. The molecule has 0 amide bonds. The van der Waals surface area contributed by atoms with Gasteiger partial charge in [-0.05, 0) is 19.1 Å². The van der Waals surface area contributed by atoms with E-state index in [0.717, 1.165) is 49.0 Å². The molecule has 1 aromatic carbocycles. The van der Waals surface area contributed by atoms with Crippen molar-refractivity contribution in [2.24, 2.45) is 4.40 Å². The maximum atomic E-state index is 12.2. The molecule has 126 valence electrons. The molecule has 24 heavy (non-hydrogen) atoms. The summed E-state index contributed by atoms with van der Waals surface area (Å²) in [6.07, 6.45) is 0. The van der Waals surface area contributed by atoms with E-state index in [1.807, 2.05) is 19.1 Å². The van der Waals surface area contributed by atoms with Gasteiger partial charge in [-0.1, -0.05) is 12.1 Å². The molecule has 4 rings (SSSR count). The third-order valence-electron chi connectivity index (χ3n) is 4.34. The second kappa shape index (κ2) is 5.94. The molecule has 1 fully saturated rings. The first kappa shape index (κ1) is 15.7. The first-order valence-corrected chi connectivity index (χ1v) is 10.2. The maximum Gasteiger partial charge on any atom is 0.285 e. The highest BCUT2D eigenvalue weighted by molar-refractivity contribution is 7.90. The molecule has 0 spiro atoms. The molecule has 0 saturated carbocycles. The molecule has 0 radical (unpaired) electrons. The van der Waals surface area contributed by atoms with Crippen molar-refractivity contribution >= 4 is 27.2 Å². The summed E-state index contributed by atoms with van der Waals surface area (Å²) in [4.78, 5) is 9.25. The van der Waals surface area contributed by atoms with Crippen LogP contribution in [-0.2, 0) is 16.6 Å². The van der Waals surface area contributed by atoms with Gasteiger partial charge in [0.1, 0.15) is 4.90 Å². The molecule has 1 saturated heterocycles. The molecule has 0 N–H and O–H groups in total. The monoisotopic (exact) mass is 362 g/mol. The predicted octanol–water partition coefficient (Wildman–Crippen LogP) is 1.72. The molecular weight excluding hydrogens is 344 g/mol. The van der Waals surface area contributed by atoms with E-state index < -0.39 is 10.0 Å². The number of aryl methyl sites for hydroxylation is 1. The summed E-state index contributed by atoms with van der Waals surface area (Å²) in [5.74, 6) is 0.592. The van der Waals surface area contributed by atoms with Crippen molar-refractivity contribution in [1.29, 1.82) is 0 Å². The van der Waals surface area contributed by atoms with Gasteiger partial charge >= 0.3 is 0 Å². The van der Waals surface area contributed by atoms with Gasteiger partial charge < -0.3 is 4.90 Å². The summed E-state index contributed by atoms with van der Waals surface area (Å²) < 4.78 is 28.4. The van der Waals surface area contributed by atoms with Crippen LogP contribution in [0.25, 0.3) is 0 Å². The second-order valence-electron chi connectivity index (χ2n) is 6.01. The molecule has 1 aromatic heterocycles. The number of amidine groups is 1. The van der Waals surface area contributed by atoms with Gasteiger partial charge in [0.15, 0.2) is 5.84 Å². The minimum atomic E-state index is -3.54. The average Bonchev–Trinajstić information content (AvgIpc) is 3.10. The molecule has 2 aromatic rings. The van der Waals surface area contributed by atoms with Crippen LogP contribution < -0.4 is 0 Å². The Morgan fingerprint density at radius 3 is 2.62 bits per heavy atom. The molecule has 6 nitrogen and oxygen atoms in total. The van der Waals surface area contributed by atoms with E-state index in [4.69, 9.17) is 0 Å². The number of nitrogens with zero attached hydrogens (tertiary/aromatic N) is 4. The van der Waals surface area contributed by atoms with Crippen molar-refractivity contribution in [3.05, 3.63) is 45.9 Å². The molecule has 0 aliphatic carbocycles. The van der Waals surface area contributed by atoms with E-state index in [0.29, 0.717) is 10.7 Å². The minimum absolute atomic E-state index is 0.320. The van der Waals surface area contributed by atoms with Gasteiger partial charge in [0.2, 0.25) is 0 Å². The smallest absolute Gasteiger partial charge is 0.285 e. The Balaban J connectivity index is 1.47. The fraction of sp³-hybridized carbons (Fsp3) is 0.375. The van der Waals surface area contributed by atoms with Crippen molar-refractivity contribution in [1.82, 2.24) is 14.8 Å². The van der Waals surface area contributed by atoms with Crippen LogP contribution in [0, 0.1) is 6.92 Å². The van der Waals surface area contributed by atoms with Crippen LogP contribution in [0.5, 0.6) is 0 Å². The third-order valence-corrected chi connectivity index (χ3v) is 6.48. The van der Waals surface area contributed by atoms with E-state index in [1.165, 1.54) is 0 Å². The van der Waals surface area contributed by atoms with Gasteiger partial charge in [-0.2, -0.15) is 8.42 Å². The van der Waals surface area contributed by atoms with E-state index in [2.05, 4.69) is 24.6 Å². The van der Waals surface area contributed by atoms with Gasteiger partial charge in [-0.25, -0.2) is 4.98 Å². The lowest BCUT2D eigenvalue weighted by molar-refractivity contribution is 0.174. The fourth-order valence-corrected chi connectivity index (χ4v) is 4.98. The zero-order chi connectivity index (χ0) is 16.7. The van der Waals surface area contributed by atoms with E-state index in [1.54, 1.807) is 23.5 Å². The summed E-state index contributed by atoms with van der Waals surface area (Å²) in [5.41, 5.74) is 1.83. The summed E-state index contributed by atoms with van der Waals surface area (Å²) in [5, 5.41) is 3.19. The van der Waals surface area contributed by atoms with Crippen molar-refractivity contribution in [3.63, 3.8) is 0 Å². The lowest BCUT2D eigenvalue weighted by Crippen LogP contribution is -2.48. The number of hydrogen-bond donors (Lipinski definition) is 0. The van der Waals surface area contributed by atoms with Gasteiger partial charge in [-0.3, -0.25) is 4.90 Å². The molecular formula is C16H18N4O2S2. The van der Waals surface area contributed by atoms with Crippen LogP contribution in [-0.4, -0.2) is 55.2 Å². The normalized spacial score (nSPS) is 20.0. The Morgan fingerprint density at radius 2 is 1.92 bits per heavy atom. The Bertz CT molecular complexity index is 896. The number of rotatable bonds is 2. The molecule has 0 atom stereocenters. The number of fused-ring (bicyclic) bond motifs is 1.